The van der Waals surface area contributed by atoms with Gasteiger partial charge in [0.1, 0.15) is 0 Å². The van der Waals surface area contributed by atoms with Gasteiger partial charge in [-0.1, -0.05) is 12.0 Å². The third-order valence-electron chi connectivity index (χ3n) is 3.61. The van der Waals surface area contributed by atoms with Crippen LogP contribution < -0.4 is 10.2 Å². The van der Waals surface area contributed by atoms with Crippen LogP contribution in [-0.2, 0) is 0 Å². The van der Waals surface area contributed by atoms with E-state index < -0.39 is 5.60 Å². The molecule has 0 spiro atoms. The Kier molecular flexibility index (Phi) is 4.42. The largest absolute Gasteiger partial charge is 0.406 e. The Balaban J connectivity index is 1.94. The zero-order chi connectivity index (χ0) is 13.9. The van der Waals surface area contributed by atoms with Gasteiger partial charge in [-0.05, 0) is 39.7 Å². The highest BCUT2D eigenvalue weighted by Crippen LogP contribution is 2.25. The summed E-state index contributed by atoms with van der Waals surface area (Å²) in [5, 5.41) is 21.5. The van der Waals surface area contributed by atoms with Crippen molar-refractivity contribution in [2.45, 2.75) is 51.7 Å². The van der Waals surface area contributed by atoms with E-state index in [1.54, 1.807) is 0 Å². The van der Waals surface area contributed by atoms with Gasteiger partial charge in [-0.15, -0.1) is 5.10 Å². The normalized spacial score (nSPS) is 20.5. The lowest BCUT2D eigenvalue weighted by molar-refractivity contribution is 0.0343. The monoisotopic (exact) mass is 268 g/mol. The molecule has 1 aliphatic rings. The number of rotatable bonds is 5. The molecule has 0 saturated carbocycles. The van der Waals surface area contributed by atoms with Crippen LogP contribution in [0.15, 0.2) is 4.42 Å². The van der Waals surface area contributed by atoms with Gasteiger partial charge in [0.25, 0.3) is 0 Å². The van der Waals surface area contributed by atoms with Crippen molar-refractivity contribution in [3.05, 3.63) is 5.89 Å². The second kappa shape index (κ2) is 5.88. The van der Waals surface area contributed by atoms with Crippen molar-refractivity contribution in [1.29, 1.82) is 0 Å². The first-order chi connectivity index (χ1) is 9.02. The maximum atomic E-state index is 9.93. The van der Waals surface area contributed by atoms with Gasteiger partial charge < -0.3 is 19.7 Å². The highest BCUT2D eigenvalue weighted by molar-refractivity contribution is 5.25. The molecule has 2 rings (SSSR count). The van der Waals surface area contributed by atoms with E-state index in [4.69, 9.17) is 4.42 Å². The minimum Gasteiger partial charge on any atom is -0.406 e. The number of piperidine rings is 1. The molecule has 0 aliphatic carbocycles. The fourth-order valence-electron chi connectivity index (χ4n) is 2.16. The minimum atomic E-state index is -0.560. The van der Waals surface area contributed by atoms with E-state index in [-0.39, 0.29) is 6.04 Å². The molecular formula is C13H24N4O2. The van der Waals surface area contributed by atoms with E-state index in [1.807, 2.05) is 18.7 Å². The van der Waals surface area contributed by atoms with E-state index in [0.717, 1.165) is 38.9 Å². The summed E-state index contributed by atoms with van der Waals surface area (Å²) in [6.45, 7) is 8.47. The summed E-state index contributed by atoms with van der Waals surface area (Å²) >= 11 is 0. The number of hydrogen-bond acceptors (Lipinski definition) is 6. The van der Waals surface area contributed by atoms with Crippen LogP contribution in [0.2, 0.25) is 0 Å². The summed E-state index contributed by atoms with van der Waals surface area (Å²) in [7, 11) is 0. The van der Waals surface area contributed by atoms with Crippen LogP contribution in [0.1, 0.15) is 52.0 Å². The van der Waals surface area contributed by atoms with E-state index >= 15 is 0 Å². The van der Waals surface area contributed by atoms with Crippen molar-refractivity contribution < 1.29 is 9.52 Å². The lowest BCUT2D eigenvalue weighted by atomic mass is 9.94. The molecule has 0 bridgehead atoms. The van der Waals surface area contributed by atoms with Gasteiger partial charge in [0.15, 0.2) is 0 Å². The van der Waals surface area contributed by atoms with Crippen LogP contribution in [0.5, 0.6) is 0 Å². The quantitative estimate of drug-likeness (QED) is 0.842. The average Bonchev–Trinajstić information content (AvgIpc) is 2.85. The van der Waals surface area contributed by atoms with Gasteiger partial charge >= 0.3 is 6.01 Å². The lowest BCUT2D eigenvalue weighted by Crippen LogP contribution is -2.42. The predicted molar refractivity (Wildman–Crippen MR) is 73.1 cm³/mol. The molecule has 1 atom stereocenters. The molecule has 1 fully saturated rings. The maximum absolute atomic E-state index is 9.93. The highest BCUT2D eigenvalue weighted by Gasteiger charge is 2.29. The van der Waals surface area contributed by atoms with Crippen LogP contribution in [0.4, 0.5) is 6.01 Å². The fourth-order valence-corrected chi connectivity index (χ4v) is 2.16. The molecule has 19 heavy (non-hydrogen) atoms. The van der Waals surface area contributed by atoms with Gasteiger partial charge in [-0.25, -0.2) is 0 Å². The topological polar surface area (TPSA) is 74.4 Å². The third-order valence-corrected chi connectivity index (χ3v) is 3.61. The molecule has 1 unspecified atom stereocenters. The Bertz CT molecular complexity index is 395. The molecule has 108 valence electrons. The number of hydrogen-bond donors (Lipinski definition) is 2. The molecule has 2 N–H and O–H groups in total. The van der Waals surface area contributed by atoms with Gasteiger partial charge in [-0.2, -0.15) is 0 Å². The second-order valence-corrected chi connectivity index (χ2v) is 5.58. The molecule has 6 nitrogen and oxygen atoms in total. The molecular weight excluding hydrogens is 244 g/mol. The average molecular weight is 268 g/mol. The summed E-state index contributed by atoms with van der Waals surface area (Å²) in [6.07, 6.45) is 2.54. The number of anilines is 1. The summed E-state index contributed by atoms with van der Waals surface area (Å²) in [5.41, 5.74) is -0.560. The van der Waals surface area contributed by atoms with Gasteiger partial charge in [0.05, 0.1) is 11.6 Å². The van der Waals surface area contributed by atoms with Crippen molar-refractivity contribution in [3.8, 4) is 0 Å². The van der Waals surface area contributed by atoms with Gasteiger partial charge in [0, 0.05) is 13.1 Å². The first-order valence-electron chi connectivity index (χ1n) is 7.06. The SMILES string of the molecule is CCCNC(C)c1nnc(N2CCC(C)(O)CC2)o1. The standard InChI is InChI=1S/C13H24N4O2/c1-4-7-14-10(2)11-15-16-12(19-11)17-8-5-13(3,18)6-9-17/h10,14,18H,4-9H2,1-3H3. The molecule has 1 saturated heterocycles. The van der Waals surface area contributed by atoms with E-state index in [2.05, 4.69) is 22.4 Å². The van der Waals surface area contributed by atoms with Crippen LogP contribution in [0.3, 0.4) is 0 Å². The summed E-state index contributed by atoms with van der Waals surface area (Å²) in [5.74, 6) is 0.626. The Labute approximate surface area is 114 Å². The lowest BCUT2D eigenvalue weighted by Gasteiger charge is -2.34. The molecule has 0 aromatic carbocycles. The molecule has 0 radical (unpaired) electrons. The van der Waals surface area contributed by atoms with Gasteiger partial charge in [0.2, 0.25) is 5.89 Å². The Morgan fingerprint density at radius 2 is 2.11 bits per heavy atom. The van der Waals surface area contributed by atoms with E-state index in [0.29, 0.717) is 11.9 Å². The molecule has 1 aromatic rings. The fraction of sp³-hybridized carbons (Fsp3) is 0.846. The maximum Gasteiger partial charge on any atom is 0.318 e. The second-order valence-electron chi connectivity index (χ2n) is 5.58. The zero-order valence-corrected chi connectivity index (χ0v) is 12.0. The molecule has 1 aliphatic heterocycles. The first-order valence-corrected chi connectivity index (χ1v) is 7.06. The molecule has 1 aromatic heterocycles. The van der Waals surface area contributed by atoms with Gasteiger partial charge in [-0.3, -0.25) is 0 Å². The Morgan fingerprint density at radius 3 is 2.74 bits per heavy atom. The van der Waals surface area contributed by atoms with Crippen molar-refractivity contribution in [2.24, 2.45) is 0 Å². The third kappa shape index (κ3) is 3.67. The van der Waals surface area contributed by atoms with Crippen LogP contribution in [0.25, 0.3) is 0 Å². The predicted octanol–water partition coefficient (Wildman–Crippen LogP) is 1.48. The van der Waals surface area contributed by atoms with Crippen molar-refractivity contribution in [1.82, 2.24) is 15.5 Å². The van der Waals surface area contributed by atoms with Crippen molar-refractivity contribution in [3.63, 3.8) is 0 Å². The zero-order valence-electron chi connectivity index (χ0n) is 12.0. The van der Waals surface area contributed by atoms with E-state index in [9.17, 15) is 5.11 Å². The number of nitrogens with zero attached hydrogens (tertiary/aromatic N) is 3. The van der Waals surface area contributed by atoms with Crippen LogP contribution in [0, 0.1) is 0 Å². The number of nitrogens with one attached hydrogen (secondary N) is 1. The molecule has 6 heteroatoms. The Hall–Kier alpha value is -1.14. The molecule has 2 heterocycles. The summed E-state index contributed by atoms with van der Waals surface area (Å²) in [4.78, 5) is 2.04. The summed E-state index contributed by atoms with van der Waals surface area (Å²) in [6, 6.07) is 0.643. The van der Waals surface area contributed by atoms with Crippen LogP contribution >= 0.6 is 0 Å². The van der Waals surface area contributed by atoms with Crippen molar-refractivity contribution >= 4 is 6.01 Å². The Morgan fingerprint density at radius 1 is 1.42 bits per heavy atom. The van der Waals surface area contributed by atoms with E-state index in [1.165, 1.54) is 0 Å². The highest BCUT2D eigenvalue weighted by atomic mass is 16.4. The van der Waals surface area contributed by atoms with Crippen LogP contribution in [-0.4, -0.2) is 40.5 Å². The molecule has 0 amide bonds. The van der Waals surface area contributed by atoms with Crippen molar-refractivity contribution in [2.75, 3.05) is 24.5 Å². The minimum absolute atomic E-state index is 0.0779. The summed E-state index contributed by atoms with van der Waals surface area (Å²) < 4.78 is 5.71. The smallest absolute Gasteiger partial charge is 0.318 e. The number of aromatic nitrogens is 2. The number of aliphatic hydroxyl groups is 1. The first kappa shape index (κ1) is 14.3.